The number of hydrogen-bond acceptors (Lipinski definition) is 4. The summed E-state index contributed by atoms with van der Waals surface area (Å²) >= 11 is 0. The second-order valence-electron chi connectivity index (χ2n) is 5.26. The number of carbonyl (C=O) groups excluding carboxylic acids is 1. The molecule has 6 nitrogen and oxygen atoms in total. The molecule has 1 aromatic heterocycles. The number of para-hydroxylation sites is 1. The third kappa shape index (κ3) is 5.01. The highest BCUT2D eigenvalue weighted by Crippen LogP contribution is 2.14. The molecular weight excluding hydrogens is 304 g/mol. The number of hydrogen-bond donors (Lipinski definition) is 2. The molecule has 0 spiro atoms. The molecule has 0 saturated carbocycles. The topological polar surface area (TPSA) is 67.6 Å². The molecule has 24 heavy (non-hydrogen) atoms. The van der Waals surface area contributed by atoms with Crippen LogP contribution in [0.5, 0.6) is 0 Å². The molecule has 0 aliphatic carbocycles. The SMILES string of the molecule is C=N/C=C(/C)OCCNC(=O)c1ccn(Nc2ccccc2C)c1. The third-order valence-electron chi connectivity index (χ3n) is 3.34. The highest BCUT2D eigenvalue weighted by atomic mass is 16.5. The van der Waals surface area contributed by atoms with Gasteiger partial charge in [-0.25, -0.2) is 0 Å². The fourth-order valence-corrected chi connectivity index (χ4v) is 2.08. The zero-order valence-electron chi connectivity index (χ0n) is 14.0. The number of rotatable bonds is 8. The molecule has 0 aliphatic rings. The van der Waals surface area contributed by atoms with Crippen LogP contribution in [0, 0.1) is 6.92 Å². The lowest BCUT2D eigenvalue weighted by atomic mass is 10.2. The summed E-state index contributed by atoms with van der Waals surface area (Å²) in [6.45, 7) is 7.96. The van der Waals surface area contributed by atoms with Gasteiger partial charge in [0.1, 0.15) is 12.4 Å². The Morgan fingerprint density at radius 1 is 1.38 bits per heavy atom. The van der Waals surface area contributed by atoms with Gasteiger partial charge in [0.05, 0.1) is 24.0 Å². The number of aliphatic imine (C=N–C) groups is 1. The second kappa shape index (κ2) is 8.57. The number of nitrogens with zero attached hydrogens (tertiary/aromatic N) is 2. The predicted octanol–water partition coefficient (Wildman–Crippen LogP) is 2.98. The Kier molecular flexibility index (Phi) is 6.19. The smallest absolute Gasteiger partial charge is 0.253 e. The van der Waals surface area contributed by atoms with Gasteiger partial charge in [0, 0.05) is 12.4 Å². The quantitative estimate of drug-likeness (QED) is 0.445. The molecule has 0 bridgehead atoms. The van der Waals surface area contributed by atoms with E-state index in [2.05, 4.69) is 22.5 Å². The van der Waals surface area contributed by atoms with E-state index in [4.69, 9.17) is 4.74 Å². The molecule has 2 rings (SSSR count). The number of allylic oxidation sites excluding steroid dienone is 1. The van der Waals surface area contributed by atoms with Gasteiger partial charge < -0.3 is 10.1 Å². The van der Waals surface area contributed by atoms with E-state index in [1.165, 1.54) is 6.20 Å². The van der Waals surface area contributed by atoms with Crippen LogP contribution in [0.15, 0.2) is 59.7 Å². The van der Waals surface area contributed by atoms with Crippen LogP contribution in [0.4, 0.5) is 5.69 Å². The van der Waals surface area contributed by atoms with Crippen LogP contribution in [0.25, 0.3) is 0 Å². The molecule has 0 radical (unpaired) electrons. The minimum absolute atomic E-state index is 0.146. The van der Waals surface area contributed by atoms with Gasteiger partial charge in [-0.2, -0.15) is 0 Å². The van der Waals surface area contributed by atoms with E-state index in [0.717, 1.165) is 11.3 Å². The van der Waals surface area contributed by atoms with Gasteiger partial charge in [-0.15, -0.1) is 0 Å². The summed E-state index contributed by atoms with van der Waals surface area (Å²) in [6.07, 6.45) is 5.08. The molecule has 0 atom stereocenters. The lowest BCUT2D eigenvalue weighted by molar-refractivity contribution is 0.0939. The lowest BCUT2D eigenvalue weighted by Gasteiger charge is -2.10. The van der Waals surface area contributed by atoms with Crippen LogP contribution in [0.3, 0.4) is 0 Å². The summed E-state index contributed by atoms with van der Waals surface area (Å²) in [5.74, 6) is 0.514. The van der Waals surface area contributed by atoms with Crippen molar-refractivity contribution in [1.29, 1.82) is 0 Å². The Balaban J connectivity index is 1.84. The van der Waals surface area contributed by atoms with E-state index in [0.29, 0.717) is 24.5 Å². The summed E-state index contributed by atoms with van der Waals surface area (Å²) in [5, 5.41) is 2.81. The normalized spacial score (nSPS) is 11.0. The van der Waals surface area contributed by atoms with E-state index in [1.807, 2.05) is 31.2 Å². The minimum Gasteiger partial charge on any atom is -0.495 e. The summed E-state index contributed by atoms with van der Waals surface area (Å²) in [4.78, 5) is 15.7. The summed E-state index contributed by atoms with van der Waals surface area (Å²) < 4.78 is 7.12. The molecular formula is C18H22N4O2. The predicted molar refractivity (Wildman–Crippen MR) is 96.2 cm³/mol. The number of nitrogens with one attached hydrogen (secondary N) is 2. The first-order valence-electron chi connectivity index (χ1n) is 7.64. The van der Waals surface area contributed by atoms with Gasteiger partial charge in [-0.1, -0.05) is 18.2 Å². The van der Waals surface area contributed by atoms with E-state index < -0.39 is 0 Å². The number of amides is 1. The Bertz CT molecular complexity index is 734. The molecule has 0 aliphatic heterocycles. The van der Waals surface area contributed by atoms with Crippen molar-refractivity contribution < 1.29 is 9.53 Å². The maximum absolute atomic E-state index is 12.1. The van der Waals surface area contributed by atoms with E-state index >= 15 is 0 Å². The Morgan fingerprint density at radius 2 is 2.17 bits per heavy atom. The van der Waals surface area contributed by atoms with Crippen LogP contribution in [-0.2, 0) is 4.74 Å². The van der Waals surface area contributed by atoms with Crippen molar-refractivity contribution in [2.45, 2.75) is 13.8 Å². The van der Waals surface area contributed by atoms with Gasteiger partial charge >= 0.3 is 0 Å². The average molecular weight is 326 g/mol. The third-order valence-corrected chi connectivity index (χ3v) is 3.34. The van der Waals surface area contributed by atoms with Crippen molar-refractivity contribution in [2.24, 2.45) is 4.99 Å². The van der Waals surface area contributed by atoms with Gasteiger partial charge in [0.2, 0.25) is 0 Å². The lowest BCUT2D eigenvalue weighted by Crippen LogP contribution is -2.26. The first-order valence-corrected chi connectivity index (χ1v) is 7.64. The van der Waals surface area contributed by atoms with Crippen LogP contribution < -0.4 is 10.7 Å². The number of anilines is 1. The van der Waals surface area contributed by atoms with Crippen molar-refractivity contribution in [3.63, 3.8) is 0 Å². The summed E-state index contributed by atoms with van der Waals surface area (Å²) in [6, 6.07) is 9.72. The minimum atomic E-state index is -0.146. The van der Waals surface area contributed by atoms with Crippen LogP contribution in [0.2, 0.25) is 0 Å². The Labute approximate surface area is 141 Å². The molecule has 2 aromatic rings. The summed E-state index contributed by atoms with van der Waals surface area (Å²) in [5.41, 5.74) is 5.94. The zero-order valence-corrected chi connectivity index (χ0v) is 14.0. The van der Waals surface area contributed by atoms with Crippen LogP contribution in [0.1, 0.15) is 22.8 Å². The second-order valence-corrected chi connectivity index (χ2v) is 5.26. The standard InChI is InChI=1S/C18H22N4O2/c1-14-6-4-5-7-17(14)21-22-10-8-16(13-22)18(23)20-9-11-24-15(2)12-19-3/h4-8,10,12-13,21H,3,9,11H2,1-2H3,(H,20,23)/b15-12-. The Morgan fingerprint density at radius 3 is 2.92 bits per heavy atom. The van der Waals surface area contributed by atoms with Crippen LogP contribution in [-0.4, -0.2) is 30.5 Å². The van der Waals surface area contributed by atoms with Crippen molar-refractivity contribution in [3.8, 4) is 0 Å². The fourth-order valence-electron chi connectivity index (χ4n) is 2.08. The van der Waals surface area contributed by atoms with Crippen molar-refractivity contribution in [2.75, 3.05) is 18.6 Å². The number of ether oxygens (including phenoxy) is 1. The number of carbonyl (C=O) groups is 1. The fraction of sp³-hybridized carbons (Fsp3) is 0.222. The van der Waals surface area contributed by atoms with Crippen molar-refractivity contribution in [3.05, 3.63) is 65.8 Å². The Hall–Kier alpha value is -3.02. The molecule has 1 heterocycles. The largest absolute Gasteiger partial charge is 0.495 e. The maximum atomic E-state index is 12.1. The van der Waals surface area contributed by atoms with E-state index in [-0.39, 0.29) is 5.91 Å². The maximum Gasteiger partial charge on any atom is 0.253 e. The van der Waals surface area contributed by atoms with Gasteiger partial charge in [-0.3, -0.25) is 19.9 Å². The molecule has 6 heteroatoms. The highest BCUT2D eigenvalue weighted by molar-refractivity contribution is 5.94. The molecule has 0 unspecified atom stereocenters. The zero-order chi connectivity index (χ0) is 17.4. The molecule has 0 fully saturated rings. The number of aryl methyl sites for hydroxylation is 1. The molecule has 0 saturated heterocycles. The first-order chi connectivity index (χ1) is 11.6. The van der Waals surface area contributed by atoms with Gasteiger partial charge in [-0.05, 0) is 38.3 Å². The monoisotopic (exact) mass is 326 g/mol. The summed E-state index contributed by atoms with van der Waals surface area (Å²) in [7, 11) is 0. The highest BCUT2D eigenvalue weighted by Gasteiger charge is 2.07. The van der Waals surface area contributed by atoms with Crippen LogP contribution >= 0.6 is 0 Å². The van der Waals surface area contributed by atoms with Gasteiger partial charge in [0.15, 0.2) is 0 Å². The van der Waals surface area contributed by atoms with Crippen molar-refractivity contribution in [1.82, 2.24) is 9.99 Å². The molecule has 1 amide bonds. The average Bonchev–Trinajstić information content (AvgIpc) is 3.02. The first kappa shape index (κ1) is 17.3. The number of aromatic nitrogens is 1. The molecule has 1 aromatic carbocycles. The van der Waals surface area contributed by atoms with E-state index in [1.54, 1.807) is 30.1 Å². The van der Waals surface area contributed by atoms with Gasteiger partial charge in [0.25, 0.3) is 5.91 Å². The van der Waals surface area contributed by atoms with Crippen molar-refractivity contribution >= 4 is 18.3 Å². The van der Waals surface area contributed by atoms with E-state index in [9.17, 15) is 4.79 Å². The molecule has 2 N–H and O–H groups in total. The molecule has 126 valence electrons. The number of benzene rings is 1.